The number of carbonyl (C=O) groups excluding carboxylic acids is 1. The van der Waals surface area contributed by atoms with Crippen LogP contribution in [0.4, 0.5) is 17.6 Å². The predicted octanol–water partition coefficient (Wildman–Crippen LogP) is 2.04. The fourth-order valence-corrected chi connectivity index (χ4v) is 4.01. The molecule has 0 aromatic heterocycles. The highest BCUT2D eigenvalue weighted by Crippen LogP contribution is 2.34. The van der Waals surface area contributed by atoms with Crippen molar-refractivity contribution < 1.29 is 27.1 Å². The van der Waals surface area contributed by atoms with Crippen LogP contribution >= 0.6 is 0 Å². The van der Waals surface area contributed by atoms with Gasteiger partial charge >= 0.3 is 0 Å². The minimum atomic E-state index is -1.53. The first-order valence-electron chi connectivity index (χ1n) is 8.88. The number of ether oxygens (including phenoxy) is 1. The Labute approximate surface area is 155 Å². The van der Waals surface area contributed by atoms with E-state index >= 15 is 0 Å². The molecule has 2 heterocycles. The number of hydrogen-bond donors (Lipinski definition) is 1. The summed E-state index contributed by atoms with van der Waals surface area (Å²) in [5.41, 5.74) is -0.971. The lowest BCUT2D eigenvalue weighted by atomic mass is 9.86. The van der Waals surface area contributed by atoms with Gasteiger partial charge in [-0.3, -0.25) is 14.6 Å². The van der Waals surface area contributed by atoms with Crippen molar-refractivity contribution in [1.29, 1.82) is 0 Å². The second-order valence-corrected chi connectivity index (χ2v) is 7.22. The largest absolute Gasteiger partial charge is 0.491 e. The number of nitrogens with one attached hydrogen (secondary N) is 1. The number of piperazine rings is 1. The number of amides is 1. The molecule has 2 fully saturated rings. The Hall–Kier alpha value is -1.87. The van der Waals surface area contributed by atoms with Crippen LogP contribution in [0.5, 0.6) is 5.75 Å². The smallest absolute Gasteiger partial charge is 0.220 e. The van der Waals surface area contributed by atoms with E-state index in [4.69, 9.17) is 0 Å². The predicted molar refractivity (Wildman–Crippen MR) is 90.3 cm³/mol. The van der Waals surface area contributed by atoms with Gasteiger partial charge in [0, 0.05) is 50.2 Å². The molecule has 0 saturated carbocycles. The van der Waals surface area contributed by atoms with Crippen molar-refractivity contribution in [1.82, 2.24) is 15.1 Å². The van der Waals surface area contributed by atoms with Crippen LogP contribution < -0.4 is 10.1 Å². The Morgan fingerprint density at radius 3 is 2.37 bits per heavy atom. The Kier molecular flexibility index (Phi) is 5.62. The number of benzene rings is 1. The zero-order chi connectivity index (χ0) is 19.8. The van der Waals surface area contributed by atoms with E-state index in [0.717, 1.165) is 7.11 Å². The van der Waals surface area contributed by atoms with Gasteiger partial charge in [-0.05, 0) is 19.9 Å². The molecule has 9 heteroatoms. The van der Waals surface area contributed by atoms with Crippen LogP contribution in [0, 0.1) is 23.3 Å². The second-order valence-electron chi connectivity index (χ2n) is 7.22. The van der Waals surface area contributed by atoms with Crippen LogP contribution in [-0.2, 0) is 11.3 Å². The monoisotopic (exact) mass is 389 g/mol. The Morgan fingerprint density at radius 1 is 1.07 bits per heavy atom. The number of nitrogens with zero attached hydrogens (tertiary/aromatic N) is 2. The van der Waals surface area contributed by atoms with Crippen LogP contribution in [0.15, 0.2) is 0 Å². The highest BCUT2D eigenvalue weighted by atomic mass is 19.2. The van der Waals surface area contributed by atoms with Gasteiger partial charge in [0.05, 0.1) is 7.11 Å². The van der Waals surface area contributed by atoms with Crippen molar-refractivity contribution in [3.8, 4) is 5.75 Å². The molecule has 0 aliphatic carbocycles. The first-order valence-corrected chi connectivity index (χ1v) is 8.88. The molecule has 2 aliphatic heterocycles. The summed E-state index contributed by atoms with van der Waals surface area (Å²) < 4.78 is 61.0. The molecule has 1 amide bonds. The summed E-state index contributed by atoms with van der Waals surface area (Å²) in [5, 5.41) is 2.83. The quantitative estimate of drug-likeness (QED) is 0.635. The maximum Gasteiger partial charge on any atom is 0.220 e. The molecule has 1 aromatic carbocycles. The van der Waals surface area contributed by atoms with E-state index < -0.39 is 34.6 Å². The fourth-order valence-electron chi connectivity index (χ4n) is 4.01. The number of rotatable bonds is 3. The standard InChI is InChI=1S/C18H23F4N3O2/c1-24-7-8-25(10-18(24)4-3-12(26)23-6-5-18)9-11-13(19)15(21)17(27-2)16(22)14(11)20/h3-10H2,1-2H3,(H,23,26)/t18-/m1/s1. The van der Waals surface area contributed by atoms with Gasteiger partial charge in [0.2, 0.25) is 17.5 Å². The highest BCUT2D eigenvalue weighted by molar-refractivity contribution is 5.76. The summed E-state index contributed by atoms with van der Waals surface area (Å²) in [6.07, 6.45) is 1.68. The van der Waals surface area contributed by atoms with E-state index in [-0.39, 0.29) is 18.0 Å². The Balaban J connectivity index is 1.85. The normalized spacial score (nSPS) is 24.7. The summed E-state index contributed by atoms with van der Waals surface area (Å²) in [7, 11) is 2.91. The van der Waals surface area contributed by atoms with Gasteiger partial charge in [-0.15, -0.1) is 0 Å². The van der Waals surface area contributed by atoms with Gasteiger partial charge in [0.15, 0.2) is 17.4 Å². The van der Waals surface area contributed by atoms with Crippen LogP contribution in [0.25, 0.3) is 0 Å². The topological polar surface area (TPSA) is 44.8 Å². The Morgan fingerprint density at radius 2 is 1.74 bits per heavy atom. The maximum atomic E-state index is 14.3. The maximum absolute atomic E-state index is 14.3. The van der Waals surface area contributed by atoms with Gasteiger partial charge in [0.1, 0.15) is 0 Å². The van der Waals surface area contributed by atoms with Gasteiger partial charge in [0.25, 0.3) is 0 Å². The lowest BCUT2D eigenvalue weighted by Gasteiger charge is -2.49. The molecule has 27 heavy (non-hydrogen) atoms. The van der Waals surface area contributed by atoms with E-state index in [1.54, 1.807) is 4.90 Å². The van der Waals surface area contributed by atoms with Crippen molar-refractivity contribution >= 4 is 5.91 Å². The van der Waals surface area contributed by atoms with Crippen molar-refractivity contribution in [2.24, 2.45) is 0 Å². The van der Waals surface area contributed by atoms with E-state index in [2.05, 4.69) is 15.0 Å². The zero-order valence-corrected chi connectivity index (χ0v) is 15.4. The van der Waals surface area contributed by atoms with Gasteiger partial charge in [-0.2, -0.15) is 8.78 Å². The van der Waals surface area contributed by atoms with E-state index in [1.165, 1.54) is 0 Å². The highest BCUT2D eigenvalue weighted by Gasteiger charge is 2.41. The number of likely N-dealkylation sites (N-methyl/N-ethyl adjacent to an activating group) is 1. The number of halogens is 4. The molecule has 1 N–H and O–H groups in total. The summed E-state index contributed by atoms with van der Waals surface area (Å²) in [6, 6.07) is 0. The average molecular weight is 389 g/mol. The van der Waals surface area contributed by atoms with Crippen LogP contribution in [0.1, 0.15) is 24.8 Å². The number of methoxy groups -OCH3 is 1. The summed E-state index contributed by atoms with van der Waals surface area (Å²) in [5.74, 6) is -7.00. The molecule has 150 valence electrons. The molecule has 0 radical (unpaired) electrons. The third kappa shape index (κ3) is 3.62. The van der Waals surface area contributed by atoms with Gasteiger partial charge in [-0.1, -0.05) is 0 Å². The van der Waals surface area contributed by atoms with Gasteiger partial charge < -0.3 is 10.1 Å². The molecule has 0 bridgehead atoms. The molecule has 3 rings (SSSR count). The molecule has 1 atom stereocenters. The van der Waals surface area contributed by atoms with E-state index in [1.807, 2.05) is 7.05 Å². The minimum absolute atomic E-state index is 0.0196. The van der Waals surface area contributed by atoms with Crippen LogP contribution in [-0.4, -0.2) is 61.6 Å². The summed E-state index contributed by atoms with van der Waals surface area (Å²) in [6.45, 7) is 1.83. The molecular formula is C18H23F4N3O2. The molecule has 0 unspecified atom stereocenters. The van der Waals surface area contributed by atoms with E-state index in [9.17, 15) is 22.4 Å². The second kappa shape index (κ2) is 7.63. The lowest BCUT2D eigenvalue weighted by Crippen LogP contribution is -2.60. The van der Waals surface area contributed by atoms with Crippen molar-refractivity contribution in [3.63, 3.8) is 0 Å². The molecule has 1 aromatic rings. The summed E-state index contributed by atoms with van der Waals surface area (Å²) >= 11 is 0. The average Bonchev–Trinajstić information content (AvgIpc) is 2.83. The molecule has 2 aliphatic rings. The lowest BCUT2D eigenvalue weighted by molar-refractivity contribution is -0.121. The Bertz CT molecular complexity index is 717. The number of carbonyl (C=O) groups is 1. The van der Waals surface area contributed by atoms with Gasteiger partial charge in [-0.25, -0.2) is 8.78 Å². The molecular weight excluding hydrogens is 366 g/mol. The van der Waals surface area contributed by atoms with Crippen molar-refractivity contribution in [2.45, 2.75) is 31.3 Å². The number of hydrogen-bond acceptors (Lipinski definition) is 4. The third-order valence-corrected chi connectivity index (χ3v) is 5.71. The SMILES string of the molecule is COc1c(F)c(F)c(CN2CCN(C)[C@]3(CCNC(=O)CC3)C2)c(F)c1F. The van der Waals surface area contributed by atoms with Crippen LogP contribution in [0.3, 0.4) is 0 Å². The van der Waals surface area contributed by atoms with Crippen LogP contribution in [0.2, 0.25) is 0 Å². The molecule has 5 nitrogen and oxygen atoms in total. The van der Waals surface area contributed by atoms with E-state index in [0.29, 0.717) is 45.4 Å². The van der Waals surface area contributed by atoms with Crippen molar-refractivity contribution in [2.75, 3.05) is 40.3 Å². The fraction of sp³-hybridized carbons (Fsp3) is 0.611. The first-order chi connectivity index (χ1) is 12.8. The first kappa shape index (κ1) is 19.9. The minimum Gasteiger partial charge on any atom is -0.491 e. The third-order valence-electron chi connectivity index (χ3n) is 5.71. The molecule has 1 spiro atoms. The van der Waals surface area contributed by atoms with Crippen molar-refractivity contribution in [3.05, 3.63) is 28.8 Å². The molecule has 2 saturated heterocycles. The summed E-state index contributed by atoms with van der Waals surface area (Å²) in [4.78, 5) is 15.6. The zero-order valence-electron chi connectivity index (χ0n) is 15.4.